The third kappa shape index (κ3) is 3.13. The Morgan fingerprint density at radius 2 is 2.26 bits per heavy atom. The van der Waals surface area contributed by atoms with Crippen LogP contribution in [0.5, 0.6) is 5.75 Å². The lowest BCUT2D eigenvalue weighted by molar-refractivity contribution is 0.0526. The summed E-state index contributed by atoms with van der Waals surface area (Å²) >= 11 is 4.67. The van der Waals surface area contributed by atoms with Gasteiger partial charge < -0.3 is 9.47 Å². The van der Waals surface area contributed by atoms with Gasteiger partial charge in [0.15, 0.2) is 0 Å². The summed E-state index contributed by atoms with van der Waals surface area (Å²) in [5.74, 6) is 0.339. The number of carbonyl (C=O) groups excluding carboxylic acids is 1. The first kappa shape index (κ1) is 14.0. The first-order valence-electron chi connectivity index (χ1n) is 5.62. The van der Waals surface area contributed by atoms with Gasteiger partial charge in [0.25, 0.3) is 0 Å². The molecule has 1 aromatic carbocycles. The Balaban J connectivity index is 2.30. The van der Waals surface area contributed by atoms with Crippen LogP contribution in [0.2, 0.25) is 0 Å². The maximum Gasteiger partial charge on any atom is 0.367 e. The minimum absolute atomic E-state index is 0.347. The van der Waals surface area contributed by atoms with E-state index in [9.17, 15) is 4.79 Å². The van der Waals surface area contributed by atoms with E-state index in [-0.39, 0.29) is 5.97 Å². The highest BCUT2D eigenvalue weighted by Gasteiger charge is 2.13. The van der Waals surface area contributed by atoms with Gasteiger partial charge >= 0.3 is 5.97 Å². The van der Waals surface area contributed by atoms with Gasteiger partial charge in [-0.2, -0.15) is 0 Å². The molecule has 100 valence electrons. The number of nitrogens with zero attached hydrogens (tertiary/aromatic N) is 1. The first-order valence-corrected chi connectivity index (χ1v) is 7.29. The highest BCUT2D eigenvalue weighted by molar-refractivity contribution is 9.10. The Bertz CT molecular complexity index is 597. The fourth-order valence-corrected chi connectivity index (χ4v) is 2.64. The van der Waals surface area contributed by atoms with E-state index in [4.69, 9.17) is 9.47 Å². The molecule has 1 aromatic heterocycles. The number of hydrogen-bond acceptors (Lipinski definition) is 5. The lowest BCUT2D eigenvalue weighted by atomic mass is 10.2. The van der Waals surface area contributed by atoms with Crippen LogP contribution in [0.3, 0.4) is 0 Å². The predicted octanol–water partition coefficient (Wildman–Crippen LogP) is 3.76. The summed E-state index contributed by atoms with van der Waals surface area (Å²) in [6.45, 7) is 2.12. The van der Waals surface area contributed by atoms with E-state index in [1.807, 2.05) is 23.6 Å². The second-order valence-corrected chi connectivity index (χ2v) is 5.32. The lowest BCUT2D eigenvalue weighted by Crippen LogP contribution is -2.03. The van der Waals surface area contributed by atoms with Gasteiger partial charge in [0.1, 0.15) is 5.75 Å². The number of ether oxygens (including phenoxy) is 2. The van der Waals surface area contributed by atoms with Gasteiger partial charge in [0.2, 0.25) is 5.01 Å². The molecule has 6 heteroatoms. The largest absolute Gasteiger partial charge is 0.496 e. The molecular formula is C13H12BrNO3S. The zero-order valence-electron chi connectivity index (χ0n) is 10.5. The van der Waals surface area contributed by atoms with Gasteiger partial charge in [-0.3, -0.25) is 0 Å². The predicted molar refractivity (Wildman–Crippen MR) is 77.8 cm³/mol. The zero-order chi connectivity index (χ0) is 13.8. The number of halogens is 1. The van der Waals surface area contributed by atoms with Gasteiger partial charge in [-0.15, -0.1) is 11.3 Å². The Labute approximate surface area is 123 Å². The second-order valence-electron chi connectivity index (χ2n) is 3.61. The Morgan fingerprint density at radius 1 is 1.47 bits per heavy atom. The van der Waals surface area contributed by atoms with Gasteiger partial charge in [-0.1, -0.05) is 6.07 Å². The molecule has 0 spiro atoms. The van der Waals surface area contributed by atoms with Crippen LogP contribution in [0.4, 0.5) is 0 Å². The molecule has 0 aliphatic rings. The molecular weight excluding hydrogens is 330 g/mol. The van der Waals surface area contributed by atoms with Crippen LogP contribution in [0.1, 0.15) is 16.7 Å². The number of methoxy groups -OCH3 is 1. The molecule has 0 amide bonds. The average molecular weight is 342 g/mol. The molecule has 4 nitrogen and oxygen atoms in total. The molecule has 19 heavy (non-hydrogen) atoms. The van der Waals surface area contributed by atoms with E-state index in [0.717, 1.165) is 21.5 Å². The average Bonchev–Trinajstić information content (AvgIpc) is 2.89. The molecule has 2 rings (SSSR count). The van der Waals surface area contributed by atoms with Crippen molar-refractivity contribution in [1.82, 2.24) is 4.98 Å². The van der Waals surface area contributed by atoms with Crippen LogP contribution in [0.15, 0.2) is 28.1 Å². The van der Waals surface area contributed by atoms with Crippen LogP contribution in [-0.2, 0) is 4.74 Å². The van der Waals surface area contributed by atoms with Crippen molar-refractivity contribution in [3.8, 4) is 17.0 Å². The van der Waals surface area contributed by atoms with E-state index < -0.39 is 0 Å². The molecule has 0 aliphatic carbocycles. The molecule has 0 bridgehead atoms. The molecule has 0 atom stereocenters. The third-order valence-electron chi connectivity index (χ3n) is 2.40. The Kier molecular flexibility index (Phi) is 4.55. The van der Waals surface area contributed by atoms with Crippen LogP contribution in [-0.4, -0.2) is 24.7 Å². The quantitative estimate of drug-likeness (QED) is 0.794. The maximum absolute atomic E-state index is 11.6. The fraction of sp³-hybridized carbons (Fsp3) is 0.231. The van der Waals surface area contributed by atoms with Crippen molar-refractivity contribution in [2.75, 3.05) is 13.7 Å². The van der Waals surface area contributed by atoms with E-state index in [2.05, 4.69) is 20.9 Å². The highest BCUT2D eigenvalue weighted by Crippen LogP contribution is 2.31. The molecule has 0 radical (unpaired) electrons. The van der Waals surface area contributed by atoms with Crippen molar-refractivity contribution >= 4 is 33.2 Å². The lowest BCUT2D eigenvalue weighted by Gasteiger charge is -2.04. The molecule has 0 aliphatic heterocycles. The molecule has 0 N–H and O–H groups in total. The smallest absolute Gasteiger partial charge is 0.367 e. The van der Waals surface area contributed by atoms with Crippen LogP contribution < -0.4 is 4.74 Å². The number of thiazole rings is 1. The number of aromatic nitrogens is 1. The Hall–Kier alpha value is -1.40. The zero-order valence-corrected chi connectivity index (χ0v) is 12.9. The number of benzene rings is 1. The van der Waals surface area contributed by atoms with E-state index in [1.54, 1.807) is 14.0 Å². The number of hydrogen-bond donors (Lipinski definition) is 0. The number of rotatable bonds is 4. The third-order valence-corrected chi connectivity index (χ3v) is 3.88. The molecule has 0 saturated heterocycles. The SMILES string of the molecule is CCOC(=O)c1nc(-c2ccc(Br)c(OC)c2)cs1. The minimum Gasteiger partial charge on any atom is -0.496 e. The highest BCUT2D eigenvalue weighted by atomic mass is 79.9. The summed E-state index contributed by atoms with van der Waals surface area (Å²) in [7, 11) is 1.61. The molecule has 0 fully saturated rings. The molecule has 0 unspecified atom stereocenters. The second kappa shape index (κ2) is 6.16. The van der Waals surface area contributed by atoms with Crippen molar-refractivity contribution in [3.05, 3.63) is 33.1 Å². The summed E-state index contributed by atoms with van der Waals surface area (Å²) in [5, 5.41) is 2.19. The molecule has 1 heterocycles. The summed E-state index contributed by atoms with van der Waals surface area (Å²) < 4.78 is 11.0. The number of carbonyl (C=O) groups is 1. The Morgan fingerprint density at radius 3 is 2.95 bits per heavy atom. The summed E-state index contributed by atoms with van der Waals surface area (Å²) in [4.78, 5) is 15.8. The van der Waals surface area contributed by atoms with Crippen LogP contribution in [0, 0.1) is 0 Å². The summed E-state index contributed by atoms with van der Waals surface area (Å²) in [6.07, 6.45) is 0. The van der Waals surface area contributed by atoms with Crippen molar-refractivity contribution in [2.24, 2.45) is 0 Å². The van der Waals surface area contributed by atoms with Gasteiger partial charge in [0, 0.05) is 10.9 Å². The normalized spacial score (nSPS) is 10.3. The summed E-state index contributed by atoms with van der Waals surface area (Å²) in [6, 6.07) is 5.67. The van der Waals surface area contributed by atoms with Gasteiger partial charge in [0.05, 0.1) is 23.9 Å². The monoisotopic (exact) mass is 341 g/mol. The summed E-state index contributed by atoms with van der Waals surface area (Å²) in [5.41, 5.74) is 1.63. The van der Waals surface area contributed by atoms with Gasteiger partial charge in [-0.25, -0.2) is 9.78 Å². The van der Waals surface area contributed by atoms with E-state index in [1.165, 1.54) is 11.3 Å². The van der Waals surface area contributed by atoms with Crippen molar-refractivity contribution in [3.63, 3.8) is 0 Å². The molecule has 0 saturated carbocycles. The first-order chi connectivity index (χ1) is 9.15. The maximum atomic E-state index is 11.6. The van der Waals surface area contributed by atoms with Crippen molar-refractivity contribution < 1.29 is 14.3 Å². The van der Waals surface area contributed by atoms with E-state index >= 15 is 0 Å². The van der Waals surface area contributed by atoms with E-state index in [0.29, 0.717) is 11.6 Å². The minimum atomic E-state index is -0.386. The number of esters is 1. The standard InChI is InChI=1S/C13H12BrNO3S/c1-3-18-13(16)12-15-10(7-19-12)8-4-5-9(14)11(6-8)17-2/h4-7H,3H2,1-2H3. The van der Waals surface area contributed by atoms with Crippen molar-refractivity contribution in [2.45, 2.75) is 6.92 Å². The molecule has 2 aromatic rings. The van der Waals surface area contributed by atoms with Crippen molar-refractivity contribution in [1.29, 1.82) is 0 Å². The fourth-order valence-electron chi connectivity index (χ4n) is 1.51. The van der Waals surface area contributed by atoms with Crippen LogP contribution in [0.25, 0.3) is 11.3 Å². The topological polar surface area (TPSA) is 48.4 Å². The van der Waals surface area contributed by atoms with Crippen LogP contribution >= 0.6 is 27.3 Å². The van der Waals surface area contributed by atoms with Gasteiger partial charge in [-0.05, 0) is 35.0 Å².